The molecule has 0 unspecified atom stereocenters. The number of hydrogen-bond donors (Lipinski definition) is 0. The Kier molecular flexibility index (Phi) is 4.85. The van der Waals surface area contributed by atoms with Gasteiger partial charge in [0.15, 0.2) is 0 Å². The number of hydrogen-bond acceptors (Lipinski definition) is 4. The zero-order valence-electron chi connectivity index (χ0n) is 14.7. The molecule has 2 aliphatic rings. The van der Waals surface area contributed by atoms with Crippen molar-refractivity contribution in [1.29, 1.82) is 0 Å². The van der Waals surface area contributed by atoms with Gasteiger partial charge in [-0.2, -0.15) is 0 Å². The van der Waals surface area contributed by atoms with Gasteiger partial charge in [-0.05, 0) is 32.1 Å². The number of likely N-dealkylation sites (N-methyl/N-ethyl adjacent to an activating group) is 1. The zero-order chi connectivity index (χ0) is 17.3. The minimum atomic E-state index is -0.214. The minimum Gasteiger partial charge on any atom is -0.340 e. The number of pyridine rings is 1. The Balaban J connectivity index is 1.60. The molecule has 0 aromatic carbocycles. The smallest absolute Gasteiger partial charge is 0.228 e. The van der Waals surface area contributed by atoms with Crippen molar-refractivity contribution in [3.63, 3.8) is 0 Å². The normalized spacial score (nSPS) is 27.3. The third-order valence-corrected chi connectivity index (χ3v) is 5.19. The maximum atomic E-state index is 12.8. The fourth-order valence-electron chi connectivity index (χ4n) is 3.84. The summed E-state index contributed by atoms with van der Waals surface area (Å²) in [7, 11) is 4.12. The van der Waals surface area contributed by atoms with E-state index >= 15 is 0 Å². The number of rotatable bonds is 4. The van der Waals surface area contributed by atoms with Crippen molar-refractivity contribution < 1.29 is 9.59 Å². The summed E-state index contributed by atoms with van der Waals surface area (Å²) in [6, 6.07) is 6.08. The molecule has 0 saturated carbocycles. The van der Waals surface area contributed by atoms with Crippen molar-refractivity contribution in [1.82, 2.24) is 19.7 Å². The van der Waals surface area contributed by atoms with Crippen LogP contribution in [0.5, 0.6) is 0 Å². The fourth-order valence-corrected chi connectivity index (χ4v) is 3.84. The predicted molar refractivity (Wildman–Crippen MR) is 91.0 cm³/mol. The highest BCUT2D eigenvalue weighted by Gasteiger charge is 2.40. The zero-order valence-corrected chi connectivity index (χ0v) is 14.7. The van der Waals surface area contributed by atoms with Gasteiger partial charge < -0.3 is 14.7 Å². The molecular weight excluding hydrogens is 304 g/mol. The van der Waals surface area contributed by atoms with E-state index in [2.05, 4.69) is 30.9 Å². The maximum absolute atomic E-state index is 12.8. The van der Waals surface area contributed by atoms with Gasteiger partial charge in [0.2, 0.25) is 11.8 Å². The third kappa shape index (κ3) is 3.43. The van der Waals surface area contributed by atoms with Gasteiger partial charge in [0.05, 0.1) is 18.2 Å². The van der Waals surface area contributed by atoms with Gasteiger partial charge in [-0.3, -0.25) is 14.6 Å². The largest absolute Gasteiger partial charge is 0.340 e. The highest BCUT2D eigenvalue weighted by molar-refractivity contribution is 5.89. The lowest BCUT2D eigenvalue weighted by Gasteiger charge is -2.23. The second-order valence-corrected chi connectivity index (χ2v) is 7.25. The van der Waals surface area contributed by atoms with Crippen LogP contribution >= 0.6 is 0 Å². The van der Waals surface area contributed by atoms with Crippen molar-refractivity contribution >= 4 is 11.8 Å². The lowest BCUT2D eigenvalue weighted by molar-refractivity contribution is -0.135. The van der Waals surface area contributed by atoms with Crippen LogP contribution in [0, 0.1) is 11.8 Å². The number of aromatic nitrogens is 1. The van der Waals surface area contributed by atoms with Crippen LogP contribution in [0.25, 0.3) is 0 Å². The molecule has 3 rings (SSSR count). The van der Waals surface area contributed by atoms with E-state index in [1.807, 2.05) is 23.1 Å². The Morgan fingerprint density at radius 2 is 2.08 bits per heavy atom. The molecule has 1 aromatic rings. The molecule has 0 bridgehead atoms. The van der Waals surface area contributed by atoms with Gasteiger partial charge in [-0.25, -0.2) is 0 Å². The number of amides is 2. The van der Waals surface area contributed by atoms with Crippen LogP contribution in [-0.2, 0) is 16.1 Å². The van der Waals surface area contributed by atoms with Crippen molar-refractivity contribution in [2.75, 3.05) is 33.7 Å². The van der Waals surface area contributed by atoms with Gasteiger partial charge in [-0.15, -0.1) is 0 Å². The van der Waals surface area contributed by atoms with Crippen LogP contribution in [0.1, 0.15) is 19.0 Å². The van der Waals surface area contributed by atoms with E-state index in [1.165, 1.54) is 0 Å². The molecule has 6 nitrogen and oxygen atoms in total. The summed E-state index contributed by atoms with van der Waals surface area (Å²) in [5, 5.41) is 0. The molecule has 2 aliphatic heterocycles. The molecule has 2 amide bonds. The molecule has 0 N–H and O–H groups in total. The highest BCUT2D eigenvalue weighted by atomic mass is 16.2. The van der Waals surface area contributed by atoms with Gasteiger partial charge in [-0.1, -0.05) is 13.0 Å². The first-order chi connectivity index (χ1) is 11.5. The molecule has 6 heteroatoms. The maximum Gasteiger partial charge on any atom is 0.228 e. The lowest BCUT2D eigenvalue weighted by Crippen LogP contribution is -2.38. The van der Waals surface area contributed by atoms with E-state index in [1.54, 1.807) is 11.1 Å². The standard InChI is InChI=1S/C18H26N4O2/c1-13-9-22(12-16(13)20(2)3)18(24)14-8-17(23)21(10-14)11-15-6-4-5-7-19-15/h4-7,13-14,16H,8-12H2,1-3H3/t13-,14+,16-/m1/s1. The molecular formula is C18H26N4O2. The van der Waals surface area contributed by atoms with Crippen molar-refractivity contribution in [3.8, 4) is 0 Å². The lowest BCUT2D eigenvalue weighted by atomic mass is 10.1. The molecule has 3 heterocycles. The molecule has 2 saturated heterocycles. The molecule has 1 aromatic heterocycles. The minimum absolute atomic E-state index is 0.0513. The van der Waals surface area contributed by atoms with Crippen LogP contribution in [0.2, 0.25) is 0 Å². The van der Waals surface area contributed by atoms with Gasteiger partial charge >= 0.3 is 0 Å². The summed E-state index contributed by atoms with van der Waals surface area (Å²) < 4.78 is 0. The fraction of sp³-hybridized carbons (Fsp3) is 0.611. The highest BCUT2D eigenvalue weighted by Crippen LogP contribution is 2.26. The van der Waals surface area contributed by atoms with Crippen LogP contribution in [-0.4, -0.2) is 71.3 Å². The van der Waals surface area contributed by atoms with E-state index in [0.29, 0.717) is 31.5 Å². The average molecular weight is 330 g/mol. The van der Waals surface area contributed by atoms with E-state index in [-0.39, 0.29) is 17.7 Å². The number of carbonyl (C=O) groups excluding carboxylic acids is 2. The Morgan fingerprint density at radius 3 is 2.71 bits per heavy atom. The molecule has 0 radical (unpaired) electrons. The third-order valence-electron chi connectivity index (χ3n) is 5.19. The quantitative estimate of drug-likeness (QED) is 0.821. The predicted octanol–water partition coefficient (Wildman–Crippen LogP) is 0.839. The van der Waals surface area contributed by atoms with E-state index < -0.39 is 0 Å². The number of likely N-dealkylation sites (tertiary alicyclic amines) is 2. The Bertz CT molecular complexity index is 604. The molecule has 0 aliphatic carbocycles. The molecule has 0 spiro atoms. The van der Waals surface area contributed by atoms with E-state index in [0.717, 1.165) is 18.8 Å². The van der Waals surface area contributed by atoms with Crippen LogP contribution in [0.15, 0.2) is 24.4 Å². The molecule has 2 fully saturated rings. The second kappa shape index (κ2) is 6.89. The molecule has 130 valence electrons. The Labute approximate surface area is 143 Å². The number of carbonyl (C=O) groups is 2. The van der Waals surface area contributed by atoms with Gasteiger partial charge in [0.25, 0.3) is 0 Å². The second-order valence-electron chi connectivity index (χ2n) is 7.25. The summed E-state index contributed by atoms with van der Waals surface area (Å²) >= 11 is 0. The monoisotopic (exact) mass is 330 g/mol. The first kappa shape index (κ1) is 16.9. The first-order valence-electron chi connectivity index (χ1n) is 8.58. The molecule has 24 heavy (non-hydrogen) atoms. The van der Waals surface area contributed by atoms with E-state index in [9.17, 15) is 9.59 Å². The first-order valence-corrected chi connectivity index (χ1v) is 8.58. The Morgan fingerprint density at radius 1 is 1.29 bits per heavy atom. The Hall–Kier alpha value is -1.95. The van der Waals surface area contributed by atoms with Crippen LogP contribution in [0.4, 0.5) is 0 Å². The van der Waals surface area contributed by atoms with Crippen molar-refractivity contribution in [3.05, 3.63) is 30.1 Å². The van der Waals surface area contributed by atoms with Crippen molar-refractivity contribution in [2.24, 2.45) is 11.8 Å². The summed E-state index contributed by atoms with van der Waals surface area (Å²) in [4.78, 5) is 35.2. The summed E-state index contributed by atoms with van der Waals surface area (Å²) in [6.45, 7) is 4.72. The van der Waals surface area contributed by atoms with Crippen LogP contribution < -0.4 is 0 Å². The molecule has 3 atom stereocenters. The number of nitrogens with zero attached hydrogens (tertiary/aromatic N) is 4. The summed E-state index contributed by atoms with van der Waals surface area (Å²) in [5.74, 6) is 0.429. The summed E-state index contributed by atoms with van der Waals surface area (Å²) in [5.41, 5.74) is 0.862. The SMILES string of the molecule is C[C@@H]1CN(C(=O)[C@H]2CC(=O)N(Cc3ccccn3)C2)C[C@H]1N(C)C. The van der Waals surface area contributed by atoms with Gasteiger partial charge in [0.1, 0.15) is 0 Å². The average Bonchev–Trinajstić information content (AvgIpc) is 3.11. The van der Waals surface area contributed by atoms with Crippen molar-refractivity contribution in [2.45, 2.75) is 25.9 Å². The van der Waals surface area contributed by atoms with Gasteiger partial charge in [0, 0.05) is 38.3 Å². The van der Waals surface area contributed by atoms with E-state index in [4.69, 9.17) is 0 Å². The van der Waals surface area contributed by atoms with Crippen LogP contribution in [0.3, 0.4) is 0 Å². The topological polar surface area (TPSA) is 56.8 Å². The summed E-state index contributed by atoms with van der Waals surface area (Å²) in [6.07, 6.45) is 2.05.